The number of hydrogen-bond donors (Lipinski definition) is 2. The van der Waals surface area contributed by atoms with Crippen molar-refractivity contribution >= 4 is 16.9 Å². The summed E-state index contributed by atoms with van der Waals surface area (Å²) < 4.78 is 8.00. The molecule has 20 heavy (non-hydrogen) atoms. The van der Waals surface area contributed by atoms with E-state index < -0.39 is 0 Å². The molecule has 0 aromatic carbocycles. The summed E-state index contributed by atoms with van der Waals surface area (Å²) in [6.07, 6.45) is 7.63. The molecule has 4 heterocycles. The molecule has 0 spiro atoms. The second-order valence-corrected chi connectivity index (χ2v) is 5.49. The van der Waals surface area contributed by atoms with Crippen molar-refractivity contribution in [3.05, 3.63) is 18.1 Å². The number of rotatable bonds is 2. The Hall–Kier alpha value is -1.66. The van der Waals surface area contributed by atoms with Gasteiger partial charge in [0, 0.05) is 12.7 Å². The first kappa shape index (κ1) is 12.1. The van der Waals surface area contributed by atoms with E-state index in [-0.39, 0.29) is 18.9 Å². The molecule has 2 atom stereocenters. The summed E-state index contributed by atoms with van der Waals surface area (Å²) in [5.74, 6) is 0.929. The van der Waals surface area contributed by atoms with Gasteiger partial charge in [0.15, 0.2) is 0 Å². The number of aryl methyl sites for hydroxylation is 1. The van der Waals surface area contributed by atoms with Crippen LogP contribution in [0.2, 0.25) is 0 Å². The lowest BCUT2D eigenvalue weighted by molar-refractivity contribution is -0.0205. The van der Waals surface area contributed by atoms with E-state index in [0.717, 1.165) is 49.1 Å². The Bertz CT molecular complexity index is 639. The van der Waals surface area contributed by atoms with Gasteiger partial charge >= 0.3 is 0 Å². The van der Waals surface area contributed by atoms with Crippen molar-refractivity contribution in [3.63, 3.8) is 0 Å². The Morgan fingerprint density at radius 2 is 2.35 bits per heavy atom. The lowest BCUT2D eigenvalue weighted by Crippen LogP contribution is -2.14. The third-order valence-corrected chi connectivity index (χ3v) is 4.20. The van der Waals surface area contributed by atoms with E-state index in [2.05, 4.69) is 26.0 Å². The first-order valence-corrected chi connectivity index (χ1v) is 7.21. The molecule has 2 aliphatic rings. The van der Waals surface area contributed by atoms with Crippen LogP contribution >= 0.6 is 0 Å². The number of nitrogens with zero attached hydrogens (tertiary/aromatic N) is 3. The molecule has 2 N–H and O–H groups in total. The van der Waals surface area contributed by atoms with Crippen LogP contribution in [0.3, 0.4) is 0 Å². The smallest absolute Gasteiger partial charge is 0.147 e. The molecule has 4 rings (SSSR count). The molecule has 0 bridgehead atoms. The SMILES string of the molecule is OC[C@@H]1CC[C@H](n2cc3c4c(ncnc42)NCCC3)O1. The average molecular weight is 274 g/mol. The molecular formula is C14H18N4O2. The second-order valence-electron chi connectivity index (χ2n) is 5.49. The van der Waals surface area contributed by atoms with E-state index in [9.17, 15) is 5.11 Å². The molecule has 106 valence electrons. The zero-order chi connectivity index (χ0) is 13.5. The maximum atomic E-state index is 9.22. The van der Waals surface area contributed by atoms with Gasteiger partial charge in [0.1, 0.15) is 24.0 Å². The number of hydrogen-bond acceptors (Lipinski definition) is 5. The minimum atomic E-state index is -0.0479. The van der Waals surface area contributed by atoms with Gasteiger partial charge in [0.2, 0.25) is 0 Å². The molecular weight excluding hydrogens is 256 g/mol. The van der Waals surface area contributed by atoms with Crippen molar-refractivity contribution in [3.8, 4) is 0 Å². The van der Waals surface area contributed by atoms with E-state index >= 15 is 0 Å². The second kappa shape index (κ2) is 4.71. The van der Waals surface area contributed by atoms with Gasteiger partial charge in [0.05, 0.1) is 18.1 Å². The highest BCUT2D eigenvalue weighted by Crippen LogP contribution is 2.35. The van der Waals surface area contributed by atoms with E-state index in [1.807, 2.05) is 0 Å². The molecule has 6 heteroatoms. The highest BCUT2D eigenvalue weighted by Gasteiger charge is 2.28. The quantitative estimate of drug-likeness (QED) is 0.867. The van der Waals surface area contributed by atoms with Crippen LogP contribution < -0.4 is 5.32 Å². The van der Waals surface area contributed by atoms with Crippen molar-refractivity contribution in [2.45, 2.75) is 38.0 Å². The summed E-state index contributed by atoms with van der Waals surface area (Å²) in [5.41, 5.74) is 2.22. The highest BCUT2D eigenvalue weighted by atomic mass is 16.5. The summed E-state index contributed by atoms with van der Waals surface area (Å²) in [6.45, 7) is 1.04. The molecule has 2 aromatic rings. The Labute approximate surface area is 116 Å². The summed E-state index contributed by atoms with van der Waals surface area (Å²) in [5, 5.41) is 13.7. The molecule has 2 aliphatic heterocycles. The van der Waals surface area contributed by atoms with E-state index in [0.29, 0.717) is 0 Å². The van der Waals surface area contributed by atoms with Gasteiger partial charge in [-0.05, 0) is 31.2 Å². The van der Waals surface area contributed by atoms with Gasteiger partial charge in [-0.2, -0.15) is 0 Å². The van der Waals surface area contributed by atoms with Crippen molar-refractivity contribution in [1.82, 2.24) is 14.5 Å². The van der Waals surface area contributed by atoms with E-state index in [4.69, 9.17) is 4.74 Å². The zero-order valence-corrected chi connectivity index (χ0v) is 11.2. The molecule has 0 amide bonds. The fourth-order valence-corrected chi connectivity index (χ4v) is 3.22. The van der Waals surface area contributed by atoms with Crippen molar-refractivity contribution < 1.29 is 9.84 Å². The number of aliphatic hydroxyl groups is 1. The van der Waals surface area contributed by atoms with Gasteiger partial charge in [-0.15, -0.1) is 0 Å². The minimum absolute atomic E-state index is 0.0226. The lowest BCUT2D eigenvalue weighted by atomic mass is 10.1. The Morgan fingerprint density at radius 1 is 1.40 bits per heavy atom. The van der Waals surface area contributed by atoms with Crippen LogP contribution in [0.25, 0.3) is 11.0 Å². The Balaban J connectivity index is 1.81. The average Bonchev–Trinajstić information content (AvgIpc) is 3.02. The molecule has 0 saturated carbocycles. The standard InChI is InChI=1S/C14H18N4O2/c19-7-10-3-4-11(20-10)18-6-9-2-1-5-15-13-12(9)14(18)17-8-16-13/h6,8,10-11,19H,1-5,7H2,(H,15,16,17)/t10-,11+/m0/s1. The third-order valence-electron chi connectivity index (χ3n) is 4.20. The number of anilines is 1. The zero-order valence-electron chi connectivity index (χ0n) is 11.2. The molecule has 2 aromatic heterocycles. The molecule has 1 fully saturated rings. The molecule has 6 nitrogen and oxygen atoms in total. The minimum Gasteiger partial charge on any atom is -0.394 e. The number of ether oxygens (including phenoxy) is 1. The Kier molecular flexibility index (Phi) is 2.85. The van der Waals surface area contributed by atoms with Gasteiger partial charge in [-0.25, -0.2) is 9.97 Å². The number of aromatic nitrogens is 3. The van der Waals surface area contributed by atoms with E-state index in [1.165, 1.54) is 5.56 Å². The molecule has 0 aliphatic carbocycles. The maximum Gasteiger partial charge on any atom is 0.147 e. The van der Waals surface area contributed by atoms with Crippen LogP contribution in [0.5, 0.6) is 0 Å². The number of aliphatic hydroxyl groups excluding tert-OH is 1. The highest BCUT2D eigenvalue weighted by molar-refractivity contribution is 5.91. The van der Waals surface area contributed by atoms with Crippen LogP contribution in [0.4, 0.5) is 5.82 Å². The van der Waals surface area contributed by atoms with Gasteiger partial charge in [0.25, 0.3) is 0 Å². The third kappa shape index (κ3) is 1.79. The van der Waals surface area contributed by atoms with Crippen LogP contribution in [0.1, 0.15) is 31.1 Å². The predicted octanol–water partition coefficient (Wildman–Crippen LogP) is 1.46. The van der Waals surface area contributed by atoms with Gasteiger partial charge in [-0.3, -0.25) is 0 Å². The number of nitrogens with one attached hydrogen (secondary N) is 1. The summed E-state index contributed by atoms with van der Waals surface area (Å²) in [6, 6.07) is 0. The maximum absolute atomic E-state index is 9.22. The largest absolute Gasteiger partial charge is 0.394 e. The first-order valence-electron chi connectivity index (χ1n) is 7.21. The van der Waals surface area contributed by atoms with Crippen LogP contribution in [-0.4, -0.2) is 38.9 Å². The monoisotopic (exact) mass is 274 g/mol. The van der Waals surface area contributed by atoms with Crippen LogP contribution in [0.15, 0.2) is 12.5 Å². The normalized spacial score (nSPS) is 25.6. The summed E-state index contributed by atoms with van der Waals surface area (Å²) in [7, 11) is 0. The first-order chi connectivity index (χ1) is 9.86. The van der Waals surface area contributed by atoms with Gasteiger partial charge < -0.3 is 19.7 Å². The fourth-order valence-electron chi connectivity index (χ4n) is 3.22. The van der Waals surface area contributed by atoms with Crippen molar-refractivity contribution in [2.24, 2.45) is 0 Å². The molecule has 0 radical (unpaired) electrons. The van der Waals surface area contributed by atoms with Gasteiger partial charge in [-0.1, -0.05) is 0 Å². The Morgan fingerprint density at radius 3 is 3.20 bits per heavy atom. The predicted molar refractivity (Wildman–Crippen MR) is 74.6 cm³/mol. The summed E-state index contributed by atoms with van der Waals surface area (Å²) in [4.78, 5) is 8.80. The van der Waals surface area contributed by atoms with Crippen LogP contribution in [0, 0.1) is 0 Å². The topological polar surface area (TPSA) is 72.2 Å². The molecule has 1 saturated heterocycles. The van der Waals surface area contributed by atoms with Crippen molar-refractivity contribution in [2.75, 3.05) is 18.5 Å². The lowest BCUT2D eigenvalue weighted by Gasteiger charge is -2.15. The molecule has 0 unspecified atom stereocenters. The summed E-state index contributed by atoms with van der Waals surface area (Å²) >= 11 is 0. The van der Waals surface area contributed by atoms with Crippen molar-refractivity contribution in [1.29, 1.82) is 0 Å². The van der Waals surface area contributed by atoms with Crippen LogP contribution in [-0.2, 0) is 11.2 Å². The fraction of sp³-hybridized carbons (Fsp3) is 0.571. The van der Waals surface area contributed by atoms with E-state index in [1.54, 1.807) is 6.33 Å².